The molecule has 1 aromatic carbocycles. The van der Waals surface area contributed by atoms with Crippen LogP contribution in [-0.4, -0.2) is 11.1 Å². The number of aliphatic carboxylic acids is 1. The summed E-state index contributed by atoms with van der Waals surface area (Å²) in [7, 11) is 0. The van der Waals surface area contributed by atoms with Crippen LogP contribution in [0.1, 0.15) is 70.2 Å². The van der Waals surface area contributed by atoms with Crippen LogP contribution in [0.25, 0.3) is 5.57 Å². The molecule has 0 aliphatic heterocycles. The second-order valence-corrected chi connectivity index (χ2v) is 8.77. The summed E-state index contributed by atoms with van der Waals surface area (Å²) in [5.41, 5.74) is 7.27. The second kappa shape index (κ2) is 6.67. The summed E-state index contributed by atoms with van der Waals surface area (Å²) in [4.78, 5) is 10.8. The summed E-state index contributed by atoms with van der Waals surface area (Å²) in [5.74, 6) is -0.926. The van der Waals surface area contributed by atoms with Crippen LogP contribution in [0.5, 0.6) is 0 Å². The second-order valence-electron chi connectivity index (χ2n) is 8.77. The van der Waals surface area contributed by atoms with Crippen LogP contribution in [-0.2, 0) is 22.0 Å². The third-order valence-electron chi connectivity index (χ3n) is 5.09. The minimum absolute atomic E-state index is 0.0750. The fourth-order valence-electron chi connectivity index (χ4n) is 3.40. The van der Waals surface area contributed by atoms with Crippen molar-refractivity contribution in [3.05, 3.63) is 64.8 Å². The van der Waals surface area contributed by atoms with Gasteiger partial charge in [0.25, 0.3) is 0 Å². The number of allylic oxidation sites excluding steroid dienone is 4. The number of carboxylic acids is 1. The average Bonchev–Trinajstić information content (AvgIpc) is 2.78. The highest BCUT2D eigenvalue weighted by Gasteiger charge is 2.33. The number of carboxylic acid groups (broad SMARTS) is 1. The number of fused-ring (bicyclic) bond motifs is 1. The molecule has 0 saturated carbocycles. The average molecular weight is 338 g/mol. The van der Waals surface area contributed by atoms with E-state index in [9.17, 15) is 4.79 Å². The van der Waals surface area contributed by atoms with Gasteiger partial charge in [-0.3, -0.25) is 0 Å². The van der Waals surface area contributed by atoms with Crippen molar-refractivity contribution in [3.8, 4) is 0 Å². The zero-order valence-corrected chi connectivity index (χ0v) is 16.4. The first-order valence-corrected chi connectivity index (χ1v) is 8.88. The summed E-state index contributed by atoms with van der Waals surface area (Å²) in [5, 5.41) is 8.84. The molecule has 1 aliphatic rings. The Bertz CT molecular complexity index is 768. The molecule has 1 aromatic rings. The molecule has 0 bridgehead atoms. The van der Waals surface area contributed by atoms with E-state index < -0.39 is 5.97 Å². The minimum atomic E-state index is -0.926. The largest absolute Gasteiger partial charge is 0.478 e. The summed E-state index contributed by atoms with van der Waals surface area (Å²) in [6.45, 7) is 17.4. The summed E-state index contributed by atoms with van der Waals surface area (Å²) in [6.07, 6.45) is 7.19. The van der Waals surface area contributed by atoms with Crippen molar-refractivity contribution in [1.82, 2.24) is 0 Å². The first kappa shape index (κ1) is 19.2. The van der Waals surface area contributed by atoms with Crippen LogP contribution in [0.3, 0.4) is 0 Å². The molecule has 0 saturated heterocycles. The van der Waals surface area contributed by atoms with Crippen molar-refractivity contribution in [1.29, 1.82) is 0 Å². The lowest BCUT2D eigenvalue weighted by molar-refractivity contribution is -0.131. The smallest absolute Gasteiger partial charge is 0.328 e. The van der Waals surface area contributed by atoms with Gasteiger partial charge in [-0.15, -0.1) is 0 Å². The number of rotatable bonds is 4. The molecule has 0 unspecified atom stereocenters. The molecule has 1 N–H and O–H groups in total. The molecule has 134 valence electrons. The quantitative estimate of drug-likeness (QED) is 0.556. The van der Waals surface area contributed by atoms with E-state index in [0.717, 1.165) is 18.4 Å². The molecular formula is C23H30O2. The number of hydrogen-bond donors (Lipinski definition) is 1. The Labute approximate surface area is 152 Å². The summed E-state index contributed by atoms with van der Waals surface area (Å²) < 4.78 is 0. The van der Waals surface area contributed by atoms with Crippen molar-refractivity contribution in [2.24, 2.45) is 0 Å². The maximum atomic E-state index is 10.8. The molecule has 1 aliphatic carbocycles. The zero-order valence-electron chi connectivity index (χ0n) is 16.4. The van der Waals surface area contributed by atoms with Crippen molar-refractivity contribution in [3.63, 3.8) is 0 Å². The highest BCUT2D eigenvalue weighted by Crippen LogP contribution is 2.43. The van der Waals surface area contributed by atoms with Crippen LogP contribution in [0, 0.1) is 0 Å². The van der Waals surface area contributed by atoms with E-state index in [0.29, 0.717) is 5.57 Å². The Hall–Kier alpha value is -2.09. The van der Waals surface area contributed by atoms with Gasteiger partial charge in [-0.1, -0.05) is 65.5 Å². The molecule has 0 radical (unpaired) electrons. The fraction of sp³-hybridized carbons (Fsp3) is 0.435. The lowest BCUT2D eigenvalue weighted by atomic mass is 9.79. The van der Waals surface area contributed by atoms with E-state index in [1.807, 2.05) is 12.2 Å². The molecule has 2 rings (SSSR count). The molecule has 0 fully saturated rings. The van der Waals surface area contributed by atoms with Crippen LogP contribution >= 0.6 is 0 Å². The van der Waals surface area contributed by atoms with Gasteiger partial charge in [-0.05, 0) is 64.0 Å². The number of carbonyl (C=O) groups is 1. The molecule has 0 spiro atoms. The van der Waals surface area contributed by atoms with Gasteiger partial charge in [0.05, 0.1) is 0 Å². The van der Waals surface area contributed by atoms with Gasteiger partial charge in [0.15, 0.2) is 0 Å². The van der Waals surface area contributed by atoms with Gasteiger partial charge in [0.2, 0.25) is 0 Å². The van der Waals surface area contributed by atoms with Crippen molar-refractivity contribution >= 4 is 11.5 Å². The Morgan fingerprint density at radius 1 is 1.24 bits per heavy atom. The Morgan fingerprint density at radius 2 is 1.88 bits per heavy atom. The normalized spacial score (nSPS) is 17.0. The molecule has 2 nitrogen and oxygen atoms in total. The lowest BCUT2D eigenvalue weighted by Gasteiger charge is -2.26. The maximum Gasteiger partial charge on any atom is 0.328 e. The third kappa shape index (κ3) is 4.31. The third-order valence-corrected chi connectivity index (χ3v) is 5.09. The maximum absolute atomic E-state index is 10.8. The standard InChI is InChI=1S/C23H30O2/c1-15(12-21(24)25)8-9-16(2)19-13-17(22(3,4)5)14-20-18(19)10-11-23(20,6)7/h8-9,12-14H,2,10-11H2,1,3-7H3,(H,24,25)/b9-8+,15-12+. The first-order valence-electron chi connectivity index (χ1n) is 8.88. The number of benzene rings is 1. The molecular weight excluding hydrogens is 308 g/mol. The van der Waals surface area contributed by atoms with E-state index in [4.69, 9.17) is 5.11 Å². The van der Waals surface area contributed by atoms with Gasteiger partial charge in [-0.25, -0.2) is 4.79 Å². The van der Waals surface area contributed by atoms with Gasteiger partial charge < -0.3 is 5.11 Å². The van der Waals surface area contributed by atoms with Gasteiger partial charge >= 0.3 is 5.97 Å². The summed E-state index contributed by atoms with van der Waals surface area (Å²) >= 11 is 0. The van der Waals surface area contributed by atoms with E-state index in [-0.39, 0.29) is 10.8 Å². The van der Waals surface area contributed by atoms with E-state index >= 15 is 0 Å². The topological polar surface area (TPSA) is 37.3 Å². The van der Waals surface area contributed by atoms with Crippen LogP contribution in [0.2, 0.25) is 0 Å². The zero-order chi connectivity index (χ0) is 19.0. The minimum Gasteiger partial charge on any atom is -0.478 e. The number of hydrogen-bond acceptors (Lipinski definition) is 1. The highest BCUT2D eigenvalue weighted by atomic mass is 16.4. The Balaban J connectivity index is 2.51. The van der Waals surface area contributed by atoms with Gasteiger partial charge in [0.1, 0.15) is 0 Å². The molecule has 0 aromatic heterocycles. The first-order chi connectivity index (χ1) is 11.4. The molecule has 0 atom stereocenters. The van der Waals surface area contributed by atoms with E-state index in [1.54, 1.807) is 6.92 Å². The molecule has 0 amide bonds. The lowest BCUT2D eigenvalue weighted by Crippen LogP contribution is -2.17. The van der Waals surface area contributed by atoms with Crippen molar-refractivity contribution < 1.29 is 9.90 Å². The van der Waals surface area contributed by atoms with Crippen molar-refractivity contribution in [2.45, 2.75) is 65.2 Å². The summed E-state index contributed by atoms with van der Waals surface area (Å²) in [6, 6.07) is 4.64. The molecule has 2 heteroatoms. The van der Waals surface area contributed by atoms with Crippen LogP contribution in [0.15, 0.2) is 42.5 Å². The van der Waals surface area contributed by atoms with E-state index in [2.05, 4.69) is 53.3 Å². The predicted octanol–water partition coefficient (Wildman–Crippen LogP) is 5.81. The van der Waals surface area contributed by atoms with Gasteiger partial charge in [-0.2, -0.15) is 0 Å². The SMILES string of the molecule is C=C(/C=C/C(C)=C/C(=O)O)c1cc(C(C)(C)C)cc2c1CCC2(C)C. The highest BCUT2D eigenvalue weighted by molar-refractivity contribution is 5.82. The fourth-order valence-corrected chi connectivity index (χ4v) is 3.40. The monoisotopic (exact) mass is 338 g/mol. The van der Waals surface area contributed by atoms with Crippen molar-refractivity contribution in [2.75, 3.05) is 0 Å². The molecule has 25 heavy (non-hydrogen) atoms. The van der Waals surface area contributed by atoms with Crippen LogP contribution in [0.4, 0.5) is 0 Å². The van der Waals surface area contributed by atoms with E-state index in [1.165, 1.54) is 28.3 Å². The van der Waals surface area contributed by atoms with Crippen LogP contribution < -0.4 is 0 Å². The predicted molar refractivity (Wildman–Crippen MR) is 106 cm³/mol. The Morgan fingerprint density at radius 3 is 2.44 bits per heavy atom. The Kier molecular flexibility index (Phi) is 5.13. The molecule has 0 heterocycles. The van der Waals surface area contributed by atoms with Gasteiger partial charge in [0, 0.05) is 6.08 Å².